The Morgan fingerprint density at radius 2 is 2.13 bits per heavy atom. The Labute approximate surface area is 93.0 Å². The number of carbonyl (C=O) groups excluding carboxylic acids is 1. The smallest absolute Gasteiger partial charge is 0.315 e. The third-order valence-corrected chi connectivity index (χ3v) is 2.81. The summed E-state index contributed by atoms with van der Waals surface area (Å²) in [4.78, 5) is 10.9. The maximum Gasteiger partial charge on any atom is 0.315 e. The van der Waals surface area contributed by atoms with Crippen LogP contribution in [0.1, 0.15) is 11.6 Å². The van der Waals surface area contributed by atoms with E-state index in [0.29, 0.717) is 0 Å². The normalized spacial score (nSPS) is 19.9. The number of urea groups is 1. The summed E-state index contributed by atoms with van der Waals surface area (Å²) in [5.74, 6) is -1.34. The number of rotatable bonds is 1. The van der Waals surface area contributed by atoms with E-state index < -0.39 is 23.7 Å². The highest BCUT2D eigenvalue weighted by atomic mass is 79.9. The summed E-state index contributed by atoms with van der Waals surface area (Å²) < 4.78 is 27.1. The van der Waals surface area contributed by atoms with Gasteiger partial charge in [0.15, 0.2) is 0 Å². The number of halogens is 3. The van der Waals surface area contributed by atoms with Gasteiger partial charge in [-0.3, -0.25) is 0 Å². The van der Waals surface area contributed by atoms with E-state index in [1.54, 1.807) is 0 Å². The van der Waals surface area contributed by atoms with Gasteiger partial charge in [-0.15, -0.1) is 0 Å². The predicted octanol–water partition coefficient (Wildman–Crippen LogP) is 2.08. The second-order valence-electron chi connectivity index (χ2n) is 3.16. The highest BCUT2D eigenvalue weighted by Gasteiger charge is 2.27. The molecule has 0 saturated carbocycles. The van der Waals surface area contributed by atoms with Gasteiger partial charge in [0.25, 0.3) is 0 Å². The maximum absolute atomic E-state index is 13.6. The fraction of sp³-hybridized carbons (Fsp3) is 0.222. The largest absolute Gasteiger partial charge is 0.336 e. The van der Waals surface area contributed by atoms with E-state index in [1.807, 2.05) is 0 Å². The summed E-state index contributed by atoms with van der Waals surface area (Å²) in [5, 5.41) is 4.87. The van der Waals surface area contributed by atoms with Crippen molar-refractivity contribution in [3.05, 3.63) is 33.8 Å². The molecule has 0 bridgehead atoms. The number of carbonyl (C=O) groups is 1. The van der Waals surface area contributed by atoms with E-state index >= 15 is 0 Å². The second-order valence-corrected chi connectivity index (χ2v) is 4.02. The summed E-state index contributed by atoms with van der Waals surface area (Å²) in [6, 6.07) is 1.37. The van der Waals surface area contributed by atoms with Crippen molar-refractivity contribution >= 4 is 22.0 Å². The van der Waals surface area contributed by atoms with Crippen LogP contribution in [0.4, 0.5) is 13.6 Å². The lowest BCUT2D eigenvalue weighted by Gasteiger charge is -2.12. The first kappa shape index (κ1) is 10.4. The predicted molar refractivity (Wildman–Crippen MR) is 53.3 cm³/mol. The molecule has 1 atom stereocenters. The zero-order valence-corrected chi connectivity index (χ0v) is 9.07. The number of amides is 2. The van der Waals surface area contributed by atoms with Crippen LogP contribution in [-0.2, 0) is 0 Å². The quantitative estimate of drug-likeness (QED) is 0.758. The van der Waals surface area contributed by atoms with E-state index in [0.717, 1.165) is 6.07 Å². The SMILES string of the molecule is O=C1NC[C@H](c2c(F)ccc(Br)c2F)N1. The standard InChI is InChI=1S/C9H7BrF2N2O/c10-4-1-2-5(11)7(8(4)12)6-3-13-9(15)14-6/h1-2,6H,3H2,(H2,13,14,15)/t6-/m1/s1. The van der Waals surface area contributed by atoms with Crippen molar-refractivity contribution in [2.45, 2.75) is 6.04 Å². The molecule has 0 unspecified atom stereocenters. The minimum atomic E-state index is -0.677. The van der Waals surface area contributed by atoms with Gasteiger partial charge < -0.3 is 10.6 Å². The third kappa shape index (κ3) is 1.81. The molecule has 1 fully saturated rings. The topological polar surface area (TPSA) is 41.1 Å². The molecular weight excluding hydrogens is 270 g/mol. The summed E-state index contributed by atoms with van der Waals surface area (Å²) in [6.07, 6.45) is 0. The lowest BCUT2D eigenvalue weighted by Crippen LogP contribution is -2.22. The van der Waals surface area contributed by atoms with Crippen molar-refractivity contribution in [3.63, 3.8) is 0 Å². The van der Waals surface area contributed by atoms with E-state index in [1.165, 1.54) is 6.07 Å². The van der Waals surface area contributed by atoms with Crippen LogP contribution in [0.25, 0.3) is 0 Å². The van der Waals surface area contributed by atoms with Gasteiger partial charge in [-0.05, 0) is 28.1 Å². The van der Waals surface area contributed by atoms with Crippen molar-refractivity contribution in [1.82, 2.24) is 10.6 Å². The van der Waals surface area contributed by atoms with Crippen molar-refractivity contribution in [3.8, 4) is 0 Å². The molecule has 1 heterocycles. The van der Waals surface area contributed by atoms with Gasteiger partial charge in [0.2, 0.25) is 0 Å². The number of nitrogens with one attached hydrogen (secondary N) is 2. The maximum atomic E-state index is 13.6. The average molecular weight is 277 g/mol. The Hall–Kier alpha value is -1.17. The van der Waals surface area contributed by atoms with Crippen LogP contribution in [0.5, 0.6) is 0 Å². The lowest BCUT2D eigenvalue weighted by molar-refractivity contribution is 0.247. The Kier molecular flexibility index (Phi) is 2.60. The van der Waals surface area contributed by atoms with E-state index in [4.69, 9.17) is 0 Å². The molecule has 15 heavy (non-hydrogen) atoms. The molecule has 3 nitrogen and oxygen atoms in total. The van der Waals surface area contributed by atoms with Crippen LogP contribution in [0.15, 0.2) is 16.6 Å². The van der Waals surface area contributed by atoms with Gasteiger partial charge in [0, 0.05) is 12.1 Å². The van der Waals surface area contributed by atoms with Crippen molar-refractivity contribution in [1.29, 1.82) is 0 Å². The summed E-state index contributed by atoms with van der Waals surface area (Å²) in [6.45, 7) is 0.184. The molecule has 1 aromatic carbocycles. The highest BCUT2D eigenvalue weighted by Crippen LogP contribution is 2.27. The number of hydrogen-bond acceptors (Lipinski definition) is 1. The molecule has 1 aromatic rings. The second kappa shape index (κ2) is 3.77. The Balaban J connectivity index is 2.43. The van der Waals surface area contributed by atoms with Gasteiger partial charge in [-0.2, -0.15) is 0 Å². The van der Waals surface area contributed by atoms with Crippen LogP contribution in [0, 0.1) is 11.6 Å². The van der Waals surface area contributed by atoms with Crippen LogP contribution >= 0.6 is 15.9 Å². The number of hydrogen-bond donors (Lipinski definition) is 2. The molecule has 0 radical (unpaired) electrons. The van der Waals surface area contributed by atoms with Crippen LogP contribution in [-0.4, -0.2) is 12.6 Å². The van der Waals surface area contributed by atoms with Gasteiger partial charge >= 0.3 is 6.03 Å². The Morgan fingerprint density at radius 1 is 1.40 bits per heavy atom. The van der Waals surface area contributed by atoms with Crippen molar-refractivity contribution in [2.75, 3.05) is 6.54 Å². The summed E-state index contributed by atoms with van der Waals surface area (Å²) in [7, 11) is 0. The van der Waals surface area contributed by atoms with E-state index in [9.17, 15) is 13.6 Å². The van der Waals surface area contributed by atoms with Crippen molar-refractivity contribution in [2.24, 2.45) is 0 Å². The molecule has 0 aliphatic carbocycles. The first-order valence-corrected chi connectivity index (χ1v) is 5.06. The van der Waals surface area contributed by atoms with Gasteiger partial charge in [0.1, 0.15) is 11.6 Å². The molecule has 2 rings (SSSR count). The first-order valence-electron chi connectivity index (χ1n) is 4.27. The van der Waals surface area contributed by atoms with Crippen LogP contribution in [0.2, 0.25) is 0 Å². The third-order valence-electron chi connectivity index (χ3n) is 2.20. The van der Waals surface area contributed by atoms with Crippen molar-refractivity contribution < 1.29 is 13.6 Å². The highest BCUT2D eigenvalue weighted by molar-refractivity contribution is 9.10. The van der Waals surface area contributed by atoms with E-state index in [2.05, 4.69) is 26.6 Å². The van der Waals surface area contributed by atoms with Gasteiger partial charge in [0.05, 0.1) is 10.5 Å². The molecule has 0 aromatic heterocycles. The van der Waals surface area contributed by atoms with Crippen LogP contribution < -0.4 is 10.6 Å². The fourth-order valence-corrected chi connectivity index (χ4v) is 1.84. The molecule has 80 valence electrons. The summed E-state index contributed by atoms with van der Waals surface area (Å²) in [5.41, 5.74) is -0.122. The molecular formula is C9H7BrF2N2O. The zero-order chi connectivity index (χ0) is 11.0. The molecule has 2 amide bonds. The molecule has 1 aliphatic heterocycles. The van der Waals surface area contributed by atoms with Gasteiger partial charge in [-0.25, -0.2) is 13.6 Å². The van der Waals surface area contributed by atoms with E-state index in [-0.39, 0.29) is 16.6 Å². The monoisotopic (exact) mass is 276 g/mol. The minimum absolute atomic E-state index is 0.122. The lowest BCUT2D eigenvalue weighted by atomic mass is 10.1. The molecule has 6 heteroatoms. The summed E-state index contributed by atoms with van der Waals surface area (Å²) >= 11 is 2.97. The molecule has 0 spiro atoms. The fourth-order valence-electron chi connectivity index (χ4n) is 1.49. The van der Waals surface area contributed by atoms with Gasteiger partial charge in [-0.1, -0.05) is 0 Å². The number of benzene rings is 1. The Bertz CT molecular complexity index is 425. The Morgan fingerprint density at radius 3 is 2.73 bits per heavy atom. The zero-order valence-electron chi connectivity index (χ0n) is 7.48. The molecule has 1 aliphatic rings. The minimum Gasteiger partial charge on any atom is -0.336 e. The van der Waals surface area contributed by atoms with Crippen LogP contribution in [0.3, 0.4) is 0 Å². The molecule has 2 N–H and O–H groups in total. The first-order chi connectivity index (χ1) is 7.09. The molecule has 1 saturated heterocycles. The average Bonchev–Trinajstić information content (AvgIpc) is 2.59.